The monoisotopic (exact) mass is 567 g/mol. The molecule has 0 radical (unpaired) electrons. The van der Waals surface area contributed by atoms with Crippen LogP contribution in [0.1, 0.15) is 44.9 Å². The molecule has 0 saturated heterocycles. The van der Waals surface area contributed by atoms with E-state index in [0.717, 1.165) is 28.5 Å². The first-order chi connectivity index (χ1) is 17.7. The summed E-state index contributed by atoms with van der Waals surface area (Å²) in [6.45, 7) is 2.46. The van der Waals surface area contributed by atoms with Crippen LogP contribution in [0.5, 0.6) is 0 Å². The van der Waals surface area contributed by atoms with E-state index in [4.69, 9.17) is 13.8 Å². The summed E-state index contributed by atoms with van der Waals surface area (Å²) >= 11 is 0. The summed E-state index contributed by atoms with van der Waals surface area (Å²) in [7, 11) is 13.3. The third-order valence-corrected chi connectivity index (χ3v) is 6.30. The Hall–Kier alpha value is -1.40. The Morgan fingerprint density at radius 3 is 1.92 bits per heavy atom. The first kappa shape index (κ1) is 36.6. The molecule has 0 fully saturated rings. The predicted molar refractivity (Wildman–Crippen MR) is 149 cm³/mol. The molecule has 0 bridgehead atoms. The zero-order valence-electron chi connectivity index (χ0n) is 24.9. The van der Waals surface area contributed by atoms with Gasteiger partial charge in [0, 0.05) is 46.4 Å². The Morgan fingerprint density at radius 2 is 1.39 bits per heavy atom. The van der Waals surface area contributed by atoms with E-state index in [-0.39, 0.29) is 30.9 Å². The van der Waals surface area contributed by atoms with Gasteiger partial charge in [0.2, 0.25) is 17.7 Å². The summed E-state index contributed by atoms with van der Waals surface area (Å²) in [6.07, 6.45) is 4.12. The lowest BCUT2D eigenvalue weighted by atomic mass is 10.1. The van der Waals surface area contributed by atoms with Crippen molar-refractivity contribution in [3.05, 3.63) is 0 Å². The molecule has 0 rings (SSSR count). The minimum absolute atomic E-state index is 0.0000839. The highest BCUT2D eigenvalue weighted by molar-refractivity contribution is 7.40. The molecule has 0 saturated carbocycles. The summed E-state index contributed by atoms with van der Waals surface area (Å²) in [5.41, 5.74) is 0. The van der Waals surface area contributed by atoms with Crippen LogP contribution in [0.4, 0.5) is 0 Å². The highest BCUT2D eigenvalue weighted by atomic mass is 31.2. The average Bonchev–Trinajstić information content (AvgIpc) is 2.79. The van der Waals surface area contributed by atoms with Crippen LogP contribution in [-0.4, -0.2) is 133 Å². The van der Waals surface area contributed by atoms with Crippen molar-refractivity contribution in [3.8, 4) is 0 Å². The third kappa shape index (κ3) is 21.5. The van der Waals surface area contributed by atoms with Gasteiger partial charge in [0.25, 0.3) is 0 Å². The second-order valence-electron chi connectivity index (χ2n) is 11.6. The molecule has 0 aliphatic rings. The van der Waals surface area contributed by atoms with Gasteiger partial charge in [0.1, 0.15) is 6.04 Å². The summed E-state index contributed by atoms with van der Waals surface area (Å²) in [5, 5.41) is 8.65. The number of unbranched alkanes of at least 4 members (excludes halogenated alkanes) is 1. The van der Waals surface area contributed by atoms with Gasteiger partial charge < -0.3 is 43.6 Å². The molecule has 3 amide bonds. The fraction of sp³-hybridized carbons (Fsp3) is 0.880. The fourth-order valence-electron chi connectivity index (χ4n) is 3.59. The number of amides is 3. The maximum absolute atomic E-state index is 13.1. The number of hydrogen-bond donors (Lipinski definition) is 4. The Morgan fingerprint density at radius 1 is 0.816 bits per heavy atom. The van der Waals surface area contributed by atoms with Crippen LogP contribution in [0, 0.1) is 0 Å². The van der Waals surface area contributed by atoms with Crippen molar-refractivity contribution in [1.29, 1.82) is 0 Å². The smallest absolute Gasteiger partial charge is 0.329 e. The third-order valence-electron chi connectivity index (χ3n) is 5.62. The molecule has 3 atom stereocenters. The molecule has 0 aliphatic heterocycles. The SMILES string of the molecule is COCC(COP(O)OC)NC(=O)C(CCCCNC(=O)CCC[N+](C)(C)C)NC(=O)CCC[N+](C)(C)C. The van der Waals surface area contributed by atoms with Crippen molar-refractivity contribution >= 4 is 26.3 Å². The molecule has 0 heterocycles. The standard InChI is InChI=1S/C25H52N5O7P/c1-29(2,3)17-11-14-23(31)26-16-10-9-13-22(28-24(32)15-12-18-30(4,5)6)25(33)27-21(19-35-7)20-37-38(34)36-8/h21-22,34H,9-20H2,1-8H3,(H-2,26,27,28,31,32,33)/p+2. The normalized spacial score (nSPS) is 14.4. The fourth-order valence-corrected chi connectivity index (χ4v) is 4.01. The molecule has 3 unspecified atom stereocenters. The van der Waals surface area contributed by atoms with Crippen molar-refractivity contribution in [2.75, 3.05) is 89.4 Å². The van der Waals surface area contributed by atoms with Gasteiger partial charge in [0.15, 0.2) is 0 Å². The predicted octanol–water partition coefficient (Wildman–Crippen LogP) is 0.744. The number of carbonyl (C=O) groups is 3. The van der Waals surface area contributed by atoms with Crippen LogP contribution >= 0.6 is 8.60 Å². The first-order valence-electron chi connectivity index (χ1n) is 13.3. The minimum Gasteiger partial charge on any atom is -0.382 e. The van der Waals surface area contributed by atoms with Crippen molar-refractivity contribution in [2.24, 2.45) is 0 Å². The van der Waals surface area contributed by atoms with Gasteiger partial charge in [-0.3, -0.25) is 14.4 Å². The molecule has 38 heavy (non-hydrogen) atoms. The van der Waals surface area contributed by atoms with Gasteiger partial charge >= 0.3 is 8.60 Å². The van der Waals surface area contributed by atoms with Crippen molar-refractivity contribution in [2.45, 2.75) is 57.0 Å². The molecule has 0 aromatic carbocycles. The molecule has 12 nitrogen and oxygen atoms in total. The second-order valence-corrected chi connectivity index (χ2v) is 12.7. The van der Waals surface area contributed by atoms with Crippen LogP contribution in [0.2, 0.25) is 0 Å². The number of nitrogens with one attached hydrogen (secondary N) is 3. The van der Waals surface area contributed by atoms with Gasteiger partial charge in [-0.15, -0.1) is 0 Å². The van der Waals surface area contributed by atoms with E-state index < -0.39 is 20.7 Å². The largest absolute Gasteiger partial charge is 0.382 e. The Kier molecular flexibility index (Phi) is 18.9. The Labute approximate surface area is 230 Å². The average molecular weight is 568 g/mol. The molecular weight excluding hydrogens is 513 g/mol. The van der Waals surface area contributed by atoms with E-state index in [1.54, 1.807) is 0 Å². The molecule has 0 aromatic rings. The van der Waals surface area contributed by atoms with E-state index in [1.807, 2.05) is 0 Å². The lowest BCUT2D eigenvalue weighted by molar-refractivity contribution is -0.870. The Bertz CT molecular complexity index is 686. The topological polar surface area (TPSA) is 135 Å². The van der Waals surface area contributed by atoms with Crippen LogP contribution in [0.25, 0.3) is 0 Å². The molecule has 4 N–H and O–H groups in total. The van der Waals surface area contributed by atoms with Crippen LogP contribution in [0.3, 0.4) is 0 Å². The zero-order chi connectivity index (χ0) is 29.2. The van der Waals surface area contributed by atoms with E-state index >= 15 is 0 Å². The number of carbonyl (C=O) groups excluding carboxylic acids is 3. The van der Waals surface area contributed by atoms with Gasteiger partial charge in [-0.1, -0.05) is 0 Å². The van der Waals surface area contributed by atoms with Crippen LogP contribution in [0.15, 0.2) is 0 Å². The summed E-state index contributed by atoms with van der Waals surface area (Å²) < 4.78 is 16.7. The highest BCUT2D eigenvalue weighted by Gasteiger charge is 2.24. The molecular formula is C25H54N5O7P+2. The summed E-state index contributed by atoms with van der Waals surface area (Å²) in [5.74, 6) is -0.498. The van der Waals surface area contributed by atoms with E-state index in [1.165, 1.54) is 14.2 Å². The maximum Gasteiger partial charge on any atom is 0.329 e. The molecule has 224 valence electrons. The lowest BCUT2D eigenvalue weighted by Crippen LogP contribution is -2.51. The van der Waals surface area contributed by atoms with Crippen molar-refractivity contribution in [3.63, 3.8) is 0 Å². The van der Waals surface area contributed by atoms with E-state index in [2.05, 4.69) is 58.2 Å². The van der Waals surface area contributed by atoms with Crippen LogP contribution in [-0.2, 0) is 28.2 Å². The van der Waals surface area contributed by atoms with Crippen molar-refractivity contribution in [1.82, 2.24) is 16.0 Å². The molecule has 0 spiro atoms. The zero-order valence-corrected chi connectivity index (χ0v) is 25.8. The van der Waals surface area contributed by atoms with E-state index in [9.17, 15) is 19.3 Å². The van der Waals surface area contributed by atoms with Crippen molar-refractivity contribution < 1.29 is 42.0 Å². The maximum atomic E-state index is 13.1. The second kappa shape index (κ2) is 19.6. The van der Waals surface area contributed by atoms with Crippen LogP contribution < -0.4 is 16.0 Å². The minimum atomic E-state index is -2.04. The number of nitrogens with zero attached hydrogens (tertiary/aromatic N) is 2. The summed E-state index contributed by atoms with van der Waals surface area (Å²) in [6, 6.07) is -1.26. The van der Waals surface area contributed by atoms with Gasteiger partial charge in [-0.2, -0.15) is 0 Å². The van der Waals surface area contributed by atoms with Gasteiger partial charge in [-0.05, 0) is 19.3 Å². The van der Waals surface area contributed by atoms with Gasteiger partial charge in [0.05, 0.1) is 74.6 Å². The number of ether oxygens (including phenoxy) is 1. The Balaban J connectivity index is 4.86. The number of quaternary nitrogens is 2. The number of rotatable bonds is 22. The van der Waals surface area contributed by atoms with Gasteiger partial charge in [-0.25, -0.2) is 0 Å². The highest BCUT2D eigenvalue weighted by Crippen LogP contribution is 2.30. The summed E-state index contributed by atoms with van der Waals surface area (Å²) in [4.78, 5) is 47.3. The quantitative estimate of drug-likeness (QED) is 0.0861. The first-order valence-corrected chi connectivity index (χ1v) is 14.4. The molecule has 0 aromatic heterocycles. The van der Waals surface area contributed by atoms with E-state index in [0.29, 0.717) is 45.1 Å². The number of methoxy groups -OCH3 is 1. The lowest BCUT2D eigenvalue weighted by Gasteiger charge is -2.25. The number of hydrogen-bond acceptors (Lipinski definition) is 7. The molecule has 13 heteroatoms. The molecule has 0 aliphatic carbocycles.